The van der Waals surface area contributed by atoms with Crippen LogP contribution in [-0.4, -0.2) is 48.3 Å². The number of nitrogens with zero attached hydrogens (tertiary/aromatic N) is 3. The van der Waals surface area contributed by atoms with Crippen LogP contribution in [0.4, 0.5) is 0 Å². The third kappa shape index (κ3) is 5.19. The molecule has 8 heteroatoms. The summed E-state index contributed by atoms with van der Waals surface area (Å²) in [6.07, 6.45) is -0.0694. The smallest absolute Gasteiger partial charge is 0.263 e. The van der Waals surface area contributed by atoms with Crippen molar-refractivity contribution in [3.05, 3.63) is 53.4 Å². The highest BCUT2D eigenvalue weighted by Crippen LogP contribution is 2.31. The van der Waals surface area contributed by atoms with Crippen molar-refractivity contribution in [2.24, 2.45) is 0 Å². The molecule has 3 rings (SSSR count). The molecule has 1 atom stereocenters. The Morgan fingerprint density at radius 3 is 2.47 bits per heavy atom. The summed E-state index contributed by atoms with van der Waals surface area (Å²) >= 11 is 0. The molecule has 0 radical (unpaired) electrons. The van der Waals surface area contributed by atoms with Crippen molar-refractivity contribution in [2.75, 3.05) is 21.3 Å². The molecule has 0 N–H and O–H groups in total. The molecular weight excluding hydrogens is 410 g/mol. The Kier molecular flexibility index (Phi) is 7.35. The molecule has 0 bridgehead atoms. The van der Waals surface area contributed by atoms with Crippen LogP contribution in [0.3, 0.4) is 0 Å². The first-order valence-electron chi connectivity index (χ1n) is 10.4. The van der Waals surface area contributed by atoms with E-state index in [4.69, 9.17) is 18.7 Å². The van der Waals surface area contributed by atoms with Crippen molar-refractivity contribution in [3.8, 4) is 28.6 Å². The Hall–Kier alpha value is -3.55. The quantitative estimate of drug-likeness (QED) is 0.494. The van der Waals surface area contributed by atoms with Crippen LogP contribution in [0.5, 0.6) is 17.2 Å². The van der Waals surface area contributed by atoms with E-state index in [-0.39, 0.29) is 12.5 Å². The second-order valence-electron chi connectivity index (χ2n) is 7.53. The molecule has 32 heavy (non-hydrogen) atoms. The van der Waals surface area contributed by atoms with Crippen LogP contribution in [0.25, 0.3) is 11.4 Å². The van der Waals surface area contributed by atoms with Crippen molar-refractivity contribution in [1.29, 1.82) is 0 Å². The maximum atomic E-state index is 13.0. The number of carbonyl (C=O) groups is 1. The summed E-state index contributed by atoms with van der Waals surface area (Å²) in [6.45, 7) is 6.13. The summed E-state index contributed by atoms with van der Waals surface area (Å²) in [4.78, 5) is 18.9. The third-order valence-electron chi connectivity index (χ3n) is 5.27. The second-order valence-corrected chi connectivity index (χ2v) is 7.53. The predicted molar refractivity (Wildman–Crippen MR) is 120 cm³/mol. The lowest BCUT2D eigenvalue weighted by Gasteiger charge is -2.23. The maximum absolute atomic E-state index is 13.0. The van der Waals surface area contributed by atoms with Gasteiger partial charge in [0.05, 0.1) is 26.3 Å². The zero-order valence-corrected chi connectivity index (χ0v) is 19.3. The van der Waals surface area contributed by atoms with Gasteiger partial charge >= 0.3 is 0 Å². The van der Waals surface area contributed by atoms with E-state index in [9.17, 15) is 4.79 Å². The molecule has 0 spiro atoms. The lowest BCUT2D eigenvalue weighted by molar-refractivity contribution is -0.138. The van der Waals surface area contributed by atoms with Crippen LogP contribution in [0.15, 0.2) is 40.9 Å². The Labute approximate surface area is 188 Å². The Morgan fingerprint density at radius 1 is 1.06 bits per heavy atom. The highest BCUT2D eigenvalue weighted by atomic mass is 16.5. The molecule has 1 amide bonds. The number of hydrogen-bond acceptors (Lipinski definition) is 7. The van der Waals surface area contributed by atoms with Gasteiger partial charge in [-0.2, -0.15) is 4.98 Å². The molecule has 8 nitrogen and oxygen atoms in total. The molecule has 0 saturated carbocycles. The van der Waals surface area contributed by atoms with Crippen molar-refractivity contribution in [3.63, 3.8) is 0 Å². The van der Waals surface area contributed by atoms with Gasteiger partial charge in [0.1, 0.15) is 17.2 Å². The second kappa shape index (κ2) is 10.2. The van der Waals surface area contributed by atoms with E-state index < -0.39 is 6.10 Å². The van der Waals surface area contributed by atoms with E-state index in [0.717, 1.165) is 5.56 Å². The van der Waals surface area contributed by atoms with E-state index in [1.807, 2.05) is 39.0 Å². The van der Waals surface area contributed by atoms with Gasteiger partial charge in [-0.25, -0.2) is 0 Å². The minimum absolute atomic E-state index is 0.160. The number of amides is 1. The summed E-state index contributed by atoms with van der Waals surface area (Å²) in [7, 11) is 4.83. The molecule has 1 heterocycles. The molecule has 0 aliphatic heterocycles. The van der Waals surface area contributed by atoms with Crippen LogP contribution in [-0.2, 0) is 11.3 Å². The fourth-order valence-corrected chi connectivity index (χ4v) is 3.20. The molecule has 0 aliphatic rings. The first-order chi connectivity index (χ1) is 15.4. The van der Waals surface area contributed by atoms with Gasteiger partial charge in [-0.15, -0.1) is 0 Å². The SMILES string of the molecule is CC[C@H](Oc1ccc(C)c(C)c1)C(=O)N(C)Cc1nc(-c2ccc(OC)cc2OC)no1. The Bertz CT molecular complexity index is 1080. The molecule has 2 aromatic carbocycles. The monoisotopic (exact) mass is 439 g/mol. The predicted octanol–water partition coefficient (Wildman–Crippen LogP) is 4.19. The van der Waals surface area contributed by atoms with Crippen molar-refractivity contribution >= 4 is 5.91 Å². The van der Waals surface area contributed by atoms with Crippen LogP contribution in [0.1, 0.15) is 30.4 Å². The van der Waals surface area contributed by atoms with Gasteiger partial charge in [0.15, 0.2) is 6.10 Å². The van der Waals surface area contributed by atoms with E-state index in [2.05, 4.69) is 10.1 Å². The van der Waals surface area contributed by atoms with E-state index in [0.29, 0.717) is 40.9 Å². The lowest BCUT2D eigenvalue weighted by Crippen LogP contribution is -2.39. The number of methoxy groups -OCH3 is 2. The van der Waals surface area contributed by atoms with Gasteiger partial charge in [0.25, 0.3) is 5.91 Å². The summed E-state index contributed by atoms with van der Waals surface area (Å²) in [5, 5.41) is 4.04. The largest absolute Gasteiger partial charge is 0.497 e. The fraction of sp³-hybridized carbons (Fsp3) is 0.375. The summed E-state index contributed by atoms with van der Waals surface area (Å²) in [5.74, 6) is 2.43. The number of rotatable bonds is 9. The van der Waals surface area contributed by atoms with Crippen LogP contribution >= 0.6 is 0 Å². The third-order valence-corrected chi connectivity index (χ3v) is 5.27. The van der Waals surface area contributed by atoms with Gasteiger partial charge in [0, 0.05) is 13.1 Å². The van der Waals surface area contributed by atoms with E-state index >= 15 is 0 Å². The lowest BCUT2D eigenvalue weighted by atomic mass is 10.1. The molecule has 0 unspecified atom stereocenters. The number of hydrogen-bond donors (Lipinski definition) is 0. The number of aryl methyl sites for hydroxylation is 2. The Morgan fingerprint density at radius 2 is 1.81 bits per heavy atom. The minimum Gasteiger partial charge on any atom is -0.497 e. The molecule has 0 saturated heterocycles. The van der Waals surface area contributed by atoms with Crippen LogP contribution in [0, 0.1) is 13.8 Å². The number of benzene rings is 2. The van der Waals surface area contributed by atoms with Crippen LogP contribution < -0.4 is 14.2 Å². The number of likely N-dealkylation sites (N-methyl/N-ethyl adjacent to an activating group) is 1. The first-order valence-corrected chi connectivity index (χ1v) is 10.4. The molecule has 170 valence electrons. The minimum atomic E-state index is -0.605. The molecule has 3 aromatic rings. The molecular formula is C24H29N3O5. The first kappa shape index (κ1) is 23.1. The standard InChI is InChI=1S/C24H29N3O5/c1-7-20(31-18-9-8-15(2)16(3)12-18)24(28)27(4)14-22-25-23(26-32-22)19-11-10-17(29-5)13-21(19)30-6/h8-13,20H,7,14H2,1-6H3/t20-/m0/s1. The maximum Gasteiger partial charge on any atom is 0.263 e. The average molecular weight is 440 g/mol. The highest BCUT2D eigenvalue weighted by Gasteiger charge is 2.24. The molecule has 0 aliphatic carbocycles. The van der Waals surface area contributed by atoms with Gasteiger partial charge in [0.2, 0.25) is 11.7 Å². The van der Waals surface area contributed by atoms with E-state index in [1.165, 1.54) is 10.5 Å². The van der Waals surface area contributed by atoms with Gasteiger partial charge < -0.3 is 23.6 Å². The zero-order valence-electron chi connectivity index (χ0n) is 19.3. The summed E-state index contributed by atoms with van der Waals surface area (Å²) < 4.78 is 22.0. The number of aromatic nitrogens is 2. The normalized spacial score (nSPS) is 11.7. The number of ether oxygens (including phenoxy) is 3. The number of carbonyl (C=O) groups excluding carboxylic acids is 1. The molecule has 1 aromatic heterocycles. The van der Waals surface area contributed by atoms with Crippen molar-refractivity contribution in [1.82, 2.24) is 15.0 Å². The average Bonchev–Trinajstić information content (AvgIpc) is 3.26. The van der Waals surface area contributed by atoms with E-state index in [1.54, 1.807) is 39.5 Å². The van der Waals surface area contributed by atoms with Crippen molar-refractivity contribution < 1.29 is 23.5 Å². The highest BCUT2D eigenvalue weighted by molar-refractivity contribution is 5.81. The summed E-state index contributed by atoms with van der Waals surface area (Å²) in [6, 6.07) is 11.1. The Balaban J connectivity index is 1.70. The zero-order chi connectivity index (χ0) is 23.3. The summed E-state index contributed by atoms with van der Waals surface area (Å²) in [5.41, 5.74) is 2.96. The van der Waals surface area contributed by atoms with Crippen molar-refractivity contribution in [2.45, 2.75) is 39.8 Å². The van der Waals surface area contributed by atoms with Gasteiger partial charge in [-0.1, -0.05) is 18.1 Å². The van der Waals surface area contributed by atoms with Gasteiger partial charge in [-0.05, 0) is 55.7 Å². The molecule has 0 fully saturated rings. The van der Waals surface area contributed by atoms with Crippen LogP contribution in [0.2, 0.25) is 0 Å². The van der Waals surface area contributed by atoms with Gasteiger partial charge in [-0.3, -0.25) is 4.79 Å². The topological polar surface area (TPSA) is 86.9 Å². The fourth-order valence-electron chi connectivity index (χ4n) is 3.20.